The quantitative estimate of drug-likeness (QED) is 0.805. The second-order valence-electron chi connectivity index (χ2n) is 3.47. The lowest BCUT2D eigenvalue weighted by molar-refractivity contribution is -0.274. The fourth-order valence-electron chi connectivity index (χ4n) is 1.25. The molecule has 0 bridgehead atoms. The Hall–Kier alpha value is -0.910. The molecule has 0 fully saturated rings. The molecule has 0 aliphatic rings. The summed E-state index contributed by atoms with van der Waals surface area (Å²) in [4.78, 5) is 0. The Bertz CT molecular complexity index is 368. The van der Waals surface area contributed by atoms with Crippen LogP contribution in [0.2, 0.25) is 0 Å². The van der Waals surface area contributed by atoms with Crippen molar-refractivity contribution in [1.82, 2.24) is 0 Å². The Kier molecular flexibility index (Phi) is 5.11. The molecule has 0 saturated heterocycles. The number of hydrogen-bond acceptors (Lipinski definition) is 2. The van der Waals surface area contributed by atoms with E-state index in [2.05, 4.69) is 26.0 Å². The zero-order valence-corrected chi connectivity index (χ0v) is 10.9. The molecule has 0 aliphatic carbocycles. The van der Waals surface area contributed by atoms with Crippen LogP contribution in [0.15, 0.2) is 22.7 Å². The number of alkyl halides is 3. The number of anilines is 1. The molecule has 6 heteroatoms. The summed E-state index contributed by atoms with van der Waals surface area (Å²) in [7, 11) is 0. The first-order chi connectivity index (χ1) is 7.92. The first kappa shape index (κ1) is 14.2. The maximum atomic E-state index is 12.2. The van der Waals surface area contributed by atoms with Gasteiger partial charge in [0.05, 0.1) is 5.69 Å². The minimum absolute atomic E-state index is 0.219. The highest BCUT2D eigenvalue weighted by molar-refractivity contribution is 9.10. The van der Waals surface area contributed by atoms with Gasteiger partial charge in [-0.1, -0.05) is 29.3 Å². The van der Waals surface area contributed by atoms with Gasteiger partial charge in [-0.3, -0.25) is 0 Å². The molecule has 2 nitrogen and oxygen atoms in total. The van der Waals surface area contributed by atoms with Crippen molar-refractivity contribution >= 4 is 21.6 Å². The highest BCUT2D eigenvalue weighted by Gasteiger charge is 2.32. The molecule has 0 aromatic heterocycles. The molecule has 1 rings (SSSR count). The van der Waals surface area contributed by atoms with E-state index in [9.17, 15) is 13.2 Å². The third-order valence-corrected chi connectivity index (χ3v) is 2.51. The minimum Gasteiger partial charge on any atom is -0.404 e. The summed E-state index contributed by atoms with van der Waals surface area (Å²) >= 11 is 3.11. The van der Waals surface area contributed by atoms with Gasteiger partial charge in [0.1, 0.15) is 0 Å². The fraction of sp³-hybridized carbons (Fsp3) is 0.455. The predicted octanol–water partition coefficient (Wildman–Crippen LogP) is 4.56. The van der Waals surface area contributed by atoms with Gasteiger partial charge in [-0.2, -0.15) is 0 Å². The summed E-state index contributed by atoms with van der Waals surface area (Å²) in [6, 6.07) is 4.51. The van der Waals surface area contributed by atoms with Gasteiger partial charge in [0, 0.05) is 11.0 Å². The van der Waals surface area contributed by atoms with Crippen LogP contribution in [0.1, 0.15) is 19.8 Å². The molecule has 0 saturated carbocycles. The van der Waals surface area contributed by atoms with Gasteiger partial charge < -0.3 is 10.1 Å². The van der Waals surface area contributed by atoms with Gasteiger partial charge in [0.25, 0.3) is 0 Å². The van der Waals surface area contributed by atoms with E-state index in [1.165, 1.54) is 6.07 Å². The van der Waals surface area contributed by atoms with Crippen LogP contribution >= 0.6 is 15.9 Å². The number of nitrogens with one attached hydrogen (secondary N) is 1. The Balaban J connectivity index is 2.80. The van der Waals surface area contributed by atoms with E-state index in [0.717, 1.165) is 12.8 Å². The lowest BCUT2D eigenvalue weighted by Crippen LogP contribution is -2.18. The number of hydrogen-bond donors (Lipinski definition) is 1. The largest absolute Gasteiger partial charge is 0.573 e. The Morgan fingerprint density at radius 2 is 2.06 bits per heavy atom. The number of rotatable bonds is 5. The predicted molar refractivity (Wildman–Crippen MR) is 64.2 cm³/mol. The molecule has 0 unspecified atom stereocenters. The molecule has 0 amide bonds. The molecular weight excluding hydrogens is 299 g/mol. The zero-order valence-electron chi connectivity index (χ0n) is 9.27. The van der Waals surface area contributed by atoms with Crippen molar-refractivity contribution in [3.8, 4) is 5.75 Å². The van der Waals surface area contributed by atoms with Crippen LogP contribution in [0.4, 0.5) is 18.9 Å². The average molecular weight is 312 g/mol. The Morgan fingerprint density at radius 3 is 2.65 bits per heavy atom. The standard InChI is InChI=1S/C11H13BrF3NO/c1-2-3-6-16-9-5-4-8(12)7-10(9)17-11(13,14)15/h4-5,7,16H,2-3,6H2,1H3. The van der Waals surface area contributed by atoms with Crippen LogP contribution in [0.3, 0.4) is 0 Å². The lowest BCUT2D eigenvalue weighted by atomic mass is 10.2. The summed E-state index contributed by atoms with van der Waals surface area (Å²) in [6.07, 6.45) is -2.82. The summed E-state index contributed by atoms with van der Waals surface area (Å²) in [5.74, 6) is -0.219. The first-order valence-corrected chi connectivity index (χ1v) is 6.01. The van der Waals surface area contributed by atoms with E-state index < -0.39 is 6.36 Å². The van der Waals surface area contributed by atoms with Gasteiger partial charge in [0.15, 0.2) is 5.75 Å². The highest BCUT2D eigenvalue weighted by atomic mass is 79.9. The smallest absolute Gasteiger partial charge is 0.404 e. The van der Waals surface area contributed by atoms with E-state index >= 15 is 0 Å². The number of halogens is 4. The molecule has 1 aromatic rings. The van der Waals surface area contributed by atoms with Crippen LogP contribution < -0.4 is 10.1 Å². The summed E-state index contributed by atoms with van der Waals surface area (Å²) in [5, 5.41) is 2.92. The second-order valence-corrected chi connectivity index (χ2v) is 4.38. The maximum Gasteiger partial charge on any atom is 0.573 e. The third-order valence-electron chi connectivity index (χ3n) is 2.02. The van der Waals surface area contributed by atoms with E-state index in [4.69, 9.17) is 0 Å². The molecule has 1 N–H and O–H groups in total. The Morgan fingerprint density at radius 1 is 1.35 bits per heavy atom. The average Bonchev–Trinajstić information content (AvgIpc) is 2.19. The van der Waals surface area contributed by atoms with Gasteiger partial charge in [-0.15, -0.1) is 13.2 Å². The van der Waals surface area contributed by atoms with Crippen molar-refractivity contribution in [3.05, 3.63) is 22.7 Å². The topological polar surface area (TPSA) is 21.3 Å². The SMILES string of the molecule is CCCCNc1ccc(Br)cc1OC(F)(F)F. The van der Waals surface area contributed by atoms with Gasteiger partial charge >= 0.3 is 6.36 Å². The van der Waals surface area contributed by atoms with E-state index in [1.807, 2.05) is 6.92 Å². The van der Waals surface area contributed by atoms with Crippen LogP contribution in [0.25, 0.3) is 0 Å². The second kappa shape index (κ2) is 6.14. The monoisotopic (exact) mass is 311 g/mol. The van der Waals surface area contributed by atoms with Gasteiger partial charge in [0.2, 0.25) is 0 Å². The van der Waals surface area contributed by atoms with E-state index in [0.29, 0.717) is 16.7 Å². The molecule has 0 heterocycles. The van der Waals surface area contributed by atoms with Crippen molar-refractivity contribution in [2.24, 2.45) is 0 Å². The van der Waals surface area contributed by atoms with Crippen LogP contribution in [-0.2, 0) is 0 Å². The molecular formula is C11H13BrF3NO. The van der Waals surface area contributed by atoms with E-state index in [-0.39, 0.29) is 5.75 Å². The third kappa shape index (κ3) is 5.30. The highest BCUT2D eigenvalue weighted by Crippen LogP contribution is 2.32. The first-order valence-electron chi connectivity index (χ1n) is 5.21. The van der Waals surface area contributed by atoms with Crippen molar-refractivity contribution in [2.75, 3.05) is 11.9 Å². The number of ether oxygens (including phenoxy) is 1. The van der Waals surface area contributed by atoms with Crippen molar-refractivity contribution in [2.45, 2.75) is 26.1 Å². The number of unbranched alkanes of at least 4 members (excludes halogenated alkanes) is 1. The van der Waals surface area contributed by atoms with Gasteiger partial charge in [-0.05, 0) is 24.6 Å². The van der Waals surface area contributed by atoms with Crippen molar-refractivity contribution in [1.29, 1.82) is 0 Å². The summed E-state index contributed by atoms with van der Waals surface area (Å²) < 4.78 is 41.0. The molecule has 1 aromatic carbocycles. The zero-order chi connectivity index (χ0) is 12.9. The van der Waals surface area contributed by atoms with E-state index in [1.54, 1.807) is 12.1 Å². The molecule has 0 radical (unpaired) electrons. The van der Waals surface area contributed by atoms with Crippen LogP contribution in [0, 0.1) is 0 Å². The van der Waals surface area contributed by atoms with Crippen molar-refractivity contribution < 1.29 is 17.9 Å². The van der Waals surface area contributed by atoms with Crippen LogP contribution in [0.5, 0.6) is 5.75 Å². The van der Waals surface area contributed by atoms with Crippen LogP contribution in [-0.4, -0.2) is 12.9 Å². The maximum absolute atomic E-state index is 12.2. The molecule has 96 valence electrons. The fourth-order valence-corrected chi connectivity index (χ4v) is 1.59. The Labute approximate surface area is 106 Å². The molecule has 0 aliphatic heterocycles. The van der Waals surface area contributed by atoms with Crippen molar-refractivity contribution in [3.63, 3.8) is 0 Å². The number of benzene rings is 1. The molecule has 0 spiro atoms. The normalized spacial score (nSPS) is 11.4. The summed E-state index contributed by atoms with van der Waals surface area (Å²) in [5.41, 5.74) is 0.346. The lowest BCUT2D eigenvalue weighted by Gasteiger charge is -2.14. The molecule has 0 atom stereocenters. The minimum atomic E-state index is -4.68. The summed E-state index contributed by atoms with van der Waals surface area (Å²) in [6.45, 7) is 2.63. The molecule has 17 heavy (non-hydrogen) atoms. The van der Waals surface area contributed by atoms with Gasteiger partial charge in [-0.25, -0.2) is 0 Å².